The Morgan fingerprint density at radius 2 is 1.60 bits per heavy atom. The molecule has 0 aromatic rings. The molecule has 0 fully saturated rings. The molecule has 0 amide bonds. The summed E-state index contributed by atoms with van der Waals surface area (Å²) in [6.07, 6.45) is 0.812. The van der Waals surface area contributed by atoms with Crippen LogP contribution in [0.5, 0.6) is 0 Å². The van der Waals surface area contributed by atoms with E-state index in [9.17, 15) is 4.57 Å². The monoisotopic (exact) mass is 182 g/mol. The quantitative estimate of drug-likeness (QED) is 0.473. The molecule has 6 heteroatoms. The Morgan fingerprint density at radius 1 is 1.40 bits per heavy atom. The second-order valence-corrected chi connectivity index (χ2v) is 4.75. The van der Waals surface area contributed by atoms with Gasteiger partial charge in [0.1, 0.15) is 0 Å². The molecule has 10 heavy (non-hydrogen) atoms. The van der Waals surface area contributed by atoms with Gasteiger partial charge in [0.2, 0.25) is 0 Å². The van der Waals surface area contributed by atoms with Gasteiger partial charge in [-0.2, -0.15) is 0 Å². The molecular formula is C4H12AlO4P. The predicted molar refractivity (Wildman–Crippen MR) is 39.6 cm³/mol. The molecular weight excluding hydrogens is 170 g/mol. The second kappa shape index (κ2) is 7.43. The molecule has 0 radical (unpaired) electrons. The van der Waals surface area contributed by atoms with E-state index in [1.165, 1.54) is 0 Å². The molecule has 0 aromatic heterocycles. The standard InChI is InChI=1S/C4H11O2P.Al.H2O.O/c1-3-7(5,6)4-2;;;/h3-4H2,1-2H3,(H,5,6);;1H2;/q;+1;;/p-1. The predicted octanol–water partition coefficient (Wildman–Crippen LogP) is 0.240. The summed E-state index contributed by atoms with van der Waals surface area (Å²) in [6.45, 7) is 3.45. The summed E-state index contributed by atoms with van der Waals surface area (Å²) in [6, 6.07) is 0. The van der Waals surface area contributed by atoms with Crippen molar-refractivity contribution in [1.82, 2.24) is 0 Å². The van der Waals surface area contributed by atoms with Gasteiger partial charge in [-0.05, 0) is 0 Å². The molecule has 2 N–H and O–H groups in total. The molecule has 0 aliphatic rings. The van der Waals surface area contributed by atoms with E-state index in [1.807, 2.05) is 0 Å². The molecule has 0 aliphatic carbocycles. The zero-order valence-electron chi connectivity index (χ0n) is 6.15. The summed E-state index contributed by atoms with van der Waals surface area (Å²) in [5.74, 6) is 0. The minimum atomic E-state index is -2.65. The van der Waals surface area contributed by atoms with Gasteiger partial charge in [-0.25, -0.2) is 0 Å². The summed E-state index contributed by atoms with van der Waals surface area (Å²) in [5.41, 5.74) is 0. The molecule has 0 aliphatic heterocycles. The fraction of sp³-hybridized carbons (Fsp3) is 1.00. The van der Waals surface area contributed by atoms with Crippen LogP contribution in [-0.2, 0) is 8.37 Å². The van der Waals surface area contributed by atoms with Crippen molar-refractivity contribution >= 4 is 22.9 Å². The van der Waals surface area contributed by atoms with Crippen LogP contribution in [0.15, 0.2) is 0 Å². The Labute approximate surface area is 67.0 Å². The van der Waals surface area contributed by atoms with Gasteiger partial charge in [0, 0.05) is 12.3 Å². The third-order valence-electron chi connectivity index (χ3n) is 0.988. The zero-order chi connectivity index (χ0) is 8.62. The van der Waals surface area contributed by atoms with E-state index in [-0.39, 0.29) is 0 Å². The molecule has 0 spiro atoms. The number of hydrogen-bond donors (Lipinski definition) is 2. The molecule has 0 saturated heterocycles. The first-order valence-electron chi connectivity index (χ1n) is 2.92. The van der Waals surface area contributed by atoms with Crippen LogP contribution in [0.2, 0.25) is 0 Å². The van der Waals surface area contributed by atoms with Crippen molar-refractivity contribution in [2.24, 2.45) is 0 Å². The van der Waals surface area contributed by atoms with E-state index in [0.717, 1.165) is 0 Å². The summed E-state index contributed by atoms with van der Waals surface area (Å²) in [7, 11) is -2.65. The third-order valence-corrected chi connectivity index (χ3v) is 2.96. The number of rotatable bonds is 2. The first kappa shape index (κ1) is 13.0. The van der Waals surface area contributed by atoms with Crippen LogP contribution in [0.1, 0.15) is 13.8 Å². The normalized spacial score (nSPS) is 9.10. The van der Waals surface area contributed by atoms with Crippen molar-refractivity contribution in [2.45, 2.75) is 13.8 Å². The summed E-state index contributed by atoms with van der Waals surface area (Å²) >= 11 is -1.50. The van der Waals surface area contributed by atoms with Crippen molar-refractivity contribution in [1.29, 1.82) is 0 Å². The molecule has 0 atom stereocenters. The Morgan fingerprint density at radius 3 is 1.60 bits per heavy atom. The van der Waals surface area contributed by atoms with Crippen LogP contribution in [0, 0.1) is 0 Å². The van der Waals surface area contributed by atoms with E-state index in [4.69, 9.17) is 12.9 Å². The second-order valence-electron chi connectivity index (χ2n) is 1.58. The molecule has 0 heterocycles. The fourth-order valence-corrected chi connectivity index (χ4v) is 0.671. The van der Waals surface area contributed by atoms with Crippen molar-refractivity contribution in [3.05, 3.63) is 0 Å². The van der Waals surface area contributed by atoms with E-state index in [2.05, 4.69) is 0 Å². The first-order chi connectivity index (χ1) is 4.54. The Kier molecular flexibility index (Phi) is 9.62. The van der Waals surface area contributed by atoms with Crippen LogP contribution in [-0.4, -0.2) is 36.9 Å². The van der Waals surface area contributed by atoms with Gasteiger partial charge in [-0.3, -0.25) is 4.57 Å². The van der Waals surface area contributed by atoms with Gasteiger partial charge in [-0.15, -0.1) is 0 Å². The van der Waals surface area contributed by atoms with Gasteiger partial charge in [0.25, 0.3) is 0 Å². The average molecular weight is 182 g/mol. The SMILES string of the molecule is CCP(=O)(O)CC.[O]=[Al][OH]. The molecule has 60 valence electrons. The minimum absolute atomic E-state index is 0.406. The van der Waals surface area contributed by atoms with Crippen molar-refractivity contribution in [3.8, 4) is 0 Å². The van der Waals surface area contributed by atoms with Crippen LogP contribution < -0.4 is 0 Å². The summed E-state index contributed by atoms with van der Waals surface area (Å²) in [4.78, 5) is 8.69. The van der Waals surface area contributed by atoms with E-state index in [0.29, 0.717) is 12.3 Å². The van der Waals surface area contributed by atoms with Crippen LogP contribution in [0.25, 0.3) is 0 Å². The summed E-state index contributed by atoms with van der Waals surface area (Å²) in [5, 5.41) is 0. The first-order valence-corrected chi connectivity index (χ1v) is 5.94. The Balaban J connectivity index is 0. The van der Waals surface area contributed by atoms with Crippen LogP contribution in [0.3, 0.4) is 0 Å². The molecule has 0 unspecified atom stereocenters. The van der Waals surface area contributed by atoms with Gasteiger partial charge >= 0.3 is 23.4 Å². The zero-order valence-corrected chi connectivity index (χ0v) is 8.20. The van der Waals surface area contributed by atoms with Crippen molar-refractivity contribution < 1.29 is 17.4 Å². The molecule has 4 nitrogen and oxygen atoms in total. The van der Waals surface area contributed by atoms with Gasteiger partial charge < -0.3 is 4.89 Å². The van der Waals surface area contributed by atoms with Crippen LogP contribution >= 0.6 is 7.37 Å². The topological polar surface area (TPSA) is 74.6 Å². The van der Waals surface area contributed by atoms with Gasteiger partial charge in [0.05, 0.1) is 0 Å². The summed E-state index contributed by atoms with van der Waals surface area (Å²) < 4.78 is 26.2. The van der Waals surface area contributed by atoms with Gasteiger partial charge in [0.15, 0.2) is 7.37 Å². The van der Waals surface area contributed by atoms with E-state index >= 15 is 0 Å². The fourth-order valence-electron chi connectivity index (χ4n) is 0.224. The van der Waals surface area contributed by atoms with Crippen LogP contribution in [0.4, 0.5) is 0 Å². The third kappa shape index (κ3) is 11.2. The van der Waals surface area contributed by atoms with Crippen molar-refractivity contribution in [2.75, 3.05) is 12.3 Å². The molecule has 0 aromatic carbocycles. The van der Waals surface area contributed by atoms with Crippen molar-refractivity contribution in [3.63, 3.8) is 0 Å². The molecule has 0 saturated carbocycles. The average Bonchev–Trinajstić information content (AvgIpc) is 1.90. The van der Waals surface area contributed by atoms with E-state index < -0.39 is 22.9 Å². The maximum atomic E-state index is 10.5. The molecule has 0 bridgehead atoms. The number of hydrogen-bond acceptors (Lipinski definition) is 2. The Hall–Kier alpha value is 0.322. The Bertz CT molecular complexity index is 118. The maximum absolute atomic E-state index is 10.5. The molecule has 0 rings (SSSR count). The van der Waals surface area contributed by atoms with Gasteiger partial charge in [-0.1, -0.05) is 13.8 Å². The van der Waals surface area contributed by atoms with E-state index in [1.54, 1.807) is 13.8 Å².